The van der Waals surface area contributed by atoms with Crippen molar-refractivity contribution in [2.75, 3.05) is 6.61 Å². The summed E-state index contributed by atoms with van der Waals surface area (Å²) in [5.41, 5.74) is 1.63. The van der Waals surface area contributed by atoms with Crippen molar-refractivity contribution < 1.29 is 14.9 Å². The molecular weight excluding hydrogens is 351 g/mol. The molecule has 2 aromatic carbocycles. The molecular formula is C17H16Cl2N2O3. The fourth-order valence-corrected chi connectivity index (χ4v) is 2.95. The zero-order chi connectivity index (χ0) is 17.1. The summed E-state index contributed by atoms with van der Waals surface area (Å²) in [7, 11) is 0. The Morgan fingerprint density at radius 1 is 1.17 bits per heavy atom. The second kappa shape index (κ2) is 7.40. The summed E-state index contributed by atoms with van der Waals surface area (Å²) in [6.07, 6.45) is -0.792. The Kier molecular flexibility index (Phi) is 5.26. The summed E-state index contributed by atoms with van der Waals surface area (Å²) in [4.78, 5) is 4.35. The minimum atomic E-state index is -0.792. The van der Waals surface area contributed by atoms with Crippen LogP contribution in [-0.2, 0) is 13.2 Å². The van der Waals surface area contributed by atoms with Crippen molar-refractivity contribution in [2.45, 2.75) is 19.3 Å². The molecule has 0 aliphatic heterocycles. The lowest BCUT2D eigenvalue weighted by Gasteiger charge is -2.15. The first kappa shape index (κ1) is 17.0. The molecule has 0 aliphatic carbocycles. The molecule has 0 spiro atoms. The molecule has 1 heterocycles. The van der Waals surface area contributed by atoms with Gasteiger partial charge >= 0.3 is 0 Å². The molecule has 24 heavy (non-hydrogen) atoms. The number of ether oxygens (including phenoxy) is 1. The second-order valence-corrected chi connectivity index (χ2v) is 6.17. The van der Waals surface area contributed by atoms with Gasteiger partial charge in [0.05, 0.1) is 22.6 Å². The van der Waals surface area contributed by atoms with Gasteiger partial charge < -0.3 is 19.5 Å². The van der Waals surface area contributed by atoms with E-state index in [-0.39, 0.29) is 19.8 Å². The van der Waals surface area contributed by atoms with E-state index in [1.807, 2.05) is 24.3 Å². The molecule has 0 fully saturated rings. The summed E-state index contributed by atoms with van der Waals surface area (Å²) in [5, 5.41) is 20.7. The molecule has 0 radical (unpaired) electrons. The third-order valence-corrected chi connectivity index (χ3v) is 4.12. The van der Waals surface area contributed by atoms with E-state index in [1.54, 1.807) is 22.8 Å². The van der Waals surface area contributed by atoms with Crippen molar-refractivity contribution in [1.82, 2.24) is 9.55 Å². The van der Waals surface area contributed by atoms with Gasteiger partial charge in [-0.05, 0) is 30.3 Å². The average molecular weight is 367 g/mol. The van der Waals surface area contributed by atoms with Gasteiger partial charge in [0.25, 0.3) is 0 Å². The number of fused-ring (bicyclic) bond motifs is 1. The molecule has 126 valence electrons. The minimum absolute atomic E-state index is 0.0543. The van der Waals surface area contributed by atoms with Gasteiger partial charge in [0.2, 0.25) is 0 Å². The molecule has 1 aromatic heterocycles. The molecule has 3 rings (SSSR count). The minimum Gasteiger partial charge on any atom is -0.489 e. The van der Waals surface area contributed by atoms with Crippen molar-refractivity contribution >= 4 is 34.2 Å². The predicted molar refractivity (Wildman–Crippen MR) is 93.6 cm³/mol. The molecule has 0 bridgehead atoms. The zero-order valence-corrected chi connectivity index (χ0v) is 14.2. The maximum Gasteiger partial charge on any atom is 0.138 e. The van der Waals surface area contributed by atoms with Crippen LogP contribution in [0.2, 0.25) is 10.0 Å². The third kappa shape index (κ3) is 3.65. The normalized spacial score (nSPS) is 12.5. The van der Waals surface area contributed by atoms with Crippen LogP contribution >= 0.6 is 23.2 Å². The first-order valence-corrected chi connectivity index (χ1v) is 8.15. The molecule has 0 amide bonds. The molecule has 0 saturated carbocycles. The van der Waals surface area contributed by atoms with Crippen LogP contribution in [0.1, 0.15) is 5.82 Å². The van der Waals surface area contributed by atoms with E-state index in [0.29, 0.717) is 21.6 Å². The van der Waals surface area contributed by atoms with Gasteiger partial charge in [0, 0.05) is 5.02 Å². The van der Waals surface area contributed by atoms with Crippen LogP contribution in [0.15, 0.2) is 42.5 Å². The van der Waals surface area contributed by atoms with E-state index in [4.69, 9.17) is 27.9 Å². The van der Waals surface area contributed by atoms with E-state index in [2.05, 4.69) is 4.98 Å². The lowest BCUT2D eigenvalue weighted by Crippen LogP contribution is -2.24. The van der Waals surface area contributed by atoms with Gasteiger partial charge in [-0.25, -0.2) is 4.98 Å². The first-order valence-electron chi connectivity index (χ1n) is 7.39. The van der Waals surface area contributed by atoms with Gasteiger partial charge in [-0.3, -0.25) is 0 Å². The molecule has 0 aliphatic rings. The van der Waals surface area contributed by atoms with Crippen LogP contribution < -0.4 is 4.74 Å². The molecule has 5 nitrogen and oxygen atoms in total. The quantitative estimate of drug-likeness (QED) is 0.702. The fraction of sp³-hybridized carbons (Fsp3) is 0.235. The monoisotopic (exact) mass is 366 g/mol. The number of aromatic nitrogens is 2. The average Bonchev–Trinajstić information content (AvgIpc) is 2.92. The van der Waals surface area contributed by atoms with Gasteiger partial charge in [-0.2, -0.15) is 0 Å². The van der Waals surface area contributed by atoms with Crippen molar-refractivity contribution in [3.63, 3.8) is 0 Å². The third-order valence-electron chi connectivity index (χ3n) is 3.59. The van der Waals surface area contributed by atoms with E-state index < -0.39 is 6.10 Å². The number of aliphatic hydroxyl groups excluding tert-OH is 2. The Morgan fingerprint density at radius 3 is 2.71 bits per heavy atom. The summed E-state index contributed by atoms with van der Waals surface area (Å²) < 4.78 is 7.34. The number of nitrogens with zero attached hydrogens (tertiary/aromatic N) is 2. The van der Waals surface area contributed by atoms with Crippen LogP contribution in [0, 0.1) is 0 Å². The van der Waals surface area contributed by atoms with Gasteiger partial charge in [-0.15, -0.1) is 0 Å². The number of aliphatic hydroxyl groups is 2. The maximum absolute atomic E-state index is 10.3. The van der Waals surface area contributed by atoms with Gasteiger partial charge in [0.1, 0.15) is 30.9 Å². The zero-order valence-electron chi connectivity index (χ0n) is 12.7. The number of imidazole rings is 1. The highest BCUT2D eigenvalue weighted by atomic mass is 35.5. The van der Waals surface area contributed by atoms with Crippen LogP contribution in [0.3, 0.4) is 0 Å². The fourth-order valence-electron chi connectivity index (χ4n) is 2.49. The summed E-state index contributed by atoms with van der Waals surface area (Å²) >= 11 is 11.9. The summed E-state index contributed by atoms with van der Waals surface area (Å²) in [6.45, 7) is 0.103. The van der Waals surface area contributed by atoms with E-state index in [1.165, 1.54) is 0 Å². The molecule has 7 heteroatoms. The molecule has 1 atom stereocenters. The van der Waals surface area contributed by atoms with Crippen LogP contribution in [0.4, 0.5) is 0 Å². The van der Waals surface area contributed by atoms with Crippen LogP contribution in [0.5, 0.6) is 5.75 Å². The van der Waals surface area contributed by atoms with Crippen molar-refractivity contribution in [2.24, 2.45) is 0 Å². The Hall–Kier alpha value is -1.79. The standard InChI is InChI=1S/C17H16Cl2N2O3/c18-11-5-6-16(13(19)7-11)24-10-12(23)8-21-15-4-2-1-3-14(15)20-17(21)9-22/h1-7,12,22-23H,8-10H2/t12-/m0/s1. The number of rotatable bonds is 6. The Morgan fingerprint density at radius 2 is 1.96 bits per heavy atom. The van der Waals surface area contributed by atoms with Gasteiger partial charge in [0.15, 0.2) is 0 Å². The van der Waals surface area contributed by atoms with E-state index >= 15 is 0 Å². The Balaban J connectivity index is 1.72. The maximum atomic E-state index is 10.3. The number of benzene rings is 2. The van der Waals surface area contributed by atoms with E-state index in [0.717, 1.165) is 11.0 Å². The smallest absolute Gasteiger partial charge is 0.138 e. The largest absolute Gasteiger partial charge is 0.489 e. The number of hydrogen-bond donors (Lipinski definition) is 2. The molecule has 3 aromatic rings. The summed E-state index contributed by atoms with van der Waals surface area (Å²) in [5.74, 6) is 0.956. The highest BCUT2D eigenvalue weighted by molar-refractivity contribution is 6.35. The number of halogens is 2. The molecule has 0 saturated heterocycles. The van der Waals surface area contributed by atoms with Gasteiger partial charge in [-0.1, -0.05) is 35.3 Å². The molecule has 2 N–H and O–H groups in total. The van der Waals surface area contributed by atoms with Crippen molar-refractivity contribution in [1.29, 1.82) is 0 Å². The Bertz CT molecular complexity index is 851. The first-order chi connectivity index (χ1) is 11.6. The number of para-hydroxylation sites is 2. The highest BCUT2D eigenvalue weighted by Gasteiger charge is 2.14. The lowest BCUT2D eigenvalue weighted by molar-refractivity contribution is 0.0915. The summed E-state index contributed by atoms with van der Waals surface area (Å²) in [6, 6.07) is 12.4. The van der Waals surface area contributed by atoms with E-state index in [9.17, 15) is 10.2 Å². The Labute approximate surface area is 149 Å². The topological polar surface area (TPSA) is 67.5 Å². The van der Waals surface area contributed by atoms with Crippen molar-refractivity contribution in [3.05, 3.63) is 58.3 Å². The van der Waals surface area contributed by atoms with Crippen molar-refractivity contribution in [3.8, 4) is 5.75 Å². The van der Waals surface area contributed by atoms with Crippen LogP contribution in [-0.4, -0.2) is 32.5 Å². The number of hydrogen-bond acceptors (Lipinski definition) is 4. The lowest BCUT2D eigenvalue weighted by atomic mass is 10.3. The SMILES string of the molecule is OCc1nc2ccccc2n1C[C@H](O)COc1ccc(Cl)cc1Cl. The second-order valence-electron chi connectivity index (χ2n) is 5.33. The molecule has 0 unspecified atom stereocenters. The predicted octanol–water partition coefficient (Wildman–Crippen LogP) is 3.28. The van der Waals surface area contributed by atoms with Crippen LogP contribution in [0.25, 0.3) is 11.0 Å². The highest BCUT2D eigenvalue weighted by Crippen LogP contribution is 2.27.